The van der Waals surface area contributed by atoms with Crippen LogP contribution < -0.4 is 10.6 Å². The van der Waals surface area contributed by atoms with E-state index >= 15 is 0 Å². The molecule has 2 aromatic rings. The first-order chi connectivity index (χ1) is 12.8. The van der Waals surface area contributed by atoms with Gasteiger partial charge in [0.2, 0.25) is 0 Å². The Morgan fingerprint density at radius 3 is 2.15 bits per heavy atom. The molecule has 144 valence electrons. The highest BCUT2D eigenvalue weighted by molar-refractivity contribution is 6.00. The van der Waals surface area contributed by atoms with E-state index < -0.39 is 29.9 Å². The van der Waals surface area contributed by atoms with Gasteiger partial charge in [0.25, 0.3) is 5.91 Å². The molecule has 2 atom stereocenters. The third kappa shape index (κ3) is 5.79. The Balaban J connectivity index is 2.06. The molecule has 0 bridgehead atoms. The molecule has 0 aliphatic heterocycles. The summed E-state index contributed by atoms with van der Waals surface area (Å²) in [6.45, 7) is 3.58. The summed E-state index contributed by atoms with van der Waals surface area (Å²) in [5.41, 5.74) is 0.344. The Kier molecular flexibility index (Phi) is 6.90. The van der Waals surface area contributed by atoms with Crippen molar-refractivity contribution in [2.45, 2.75) is 32.4 Å². The Morgan fingerprint density at radius 2 is 1.56 bits per heavy atom. The molecule has 0 radical (unpaired) electrons. The van der Waals surface area contributed by atoms with Gasteiger partial charge in [0, 0.05) is 12.1 Å². The van der Waals surface area contributed by atoms with Crippen molar-refractivity contribution in [3.05, 3.63) is 48.0 Å². The minimum atomic E-state index is -1.24. The van der Waals surface area contributed by atoms with Gasteiger partial charge in [-0.15, -0.1) is 0 Å². The quantitative estimate of drug-likeness (QED) is 0.536. The average molecular weight is 372 g/mol. The number of hydrogen-bond acceptors (Lipinski definition) is 4. The fourth-order valence-electron chi connectivity index (χ4n) is 2.78. The number of amides is 1. The molecule has 0 aliphatic rings. The van der Waals surface area contributed by atoms with E-state index in [0.717, 1.165) is 10.8 Å². The topological polar surface area (TPSA) is 116 Å². The fourth-order valence-corrected chi connectivity index (χ4v) is 2.78. The Labute approximate surface area is 157 Å². The van der Waals surface area contributed by atoms with Crippen LogP contribution in [0.3, 0.4) is 0 Å². The number of carboxylic acids is 2. The summed E-state index contributed by atoms with van der Waals surface area (Å²) in [5, 5.41) is 25.6. The summed E-state index contributed by atoms with van der Waals surface area (Å²) in [7, 11) is 0. The third-order valence-corrected chi connectivity index (χ3v) is 4.19. The molecule has 0 aliphatic carbocycles. The number of fused-ring (bicyclic) bond motifs is 1. The van der Waals surface area contributed by atoms with Crippen molar-refractivity contribution in [1.29, 1.82) is 0 Å². The van der Waals surface area contributed by atoms with Gasteiger partial charge in [-0.05, 0) is 35.2 Å². The van der Waals surface area contributed by atoms with Crippen molar-refractivity contribution in [3.63, 3.8) is 0 Å². The lowest BCUT2D eigenvalue weighted by atomic mass is 10.0. The van der Waals surface area contributed by atoms with Crippen molar-refractivity contribution >= 4 is 28.6 Å². The number of benzene rings is 2. The van der Waals surface area contributed by atoms with Gasteiger partial charge in [-0.1, -0.05) is 44.2 Å². The lowest BCUT2D eigenvalue weighted by Gasteiger charge is -2.20. The molecule has 0 heterocycles. The monoisotopic (exact) mass is 372 g/mol. The van der Waals surface area contributed by atoms with Gasteiger partial charge in [0.1, 0.15) is 12.1 Å². The van der Waals surface area contributed by atoms with Crippen LogP contribution in [0.5, 0.6) is 0 Å². The van der Waals surface area contributed by atoms with Crippen LogP contribution in [-0.4, -0.2) is 46.7 Å². The molecule has 4 N–H and O–H groups in total. The molecule has 2 rings (SSSR count). The molecule has 2 unspecified atom stereocenters. The van der Waals surface area contributed by atoms with Crippen LogP contribution in [0, 0.1) is 5.92 Å². The predicted octanol–water partition coefficient (Wildman–Crippen LogP) is 2.11. The van der Waals surface area contributed by atoms with Crippen molar-refractivity contribution in [2.24, 2.45) is 5.92 Å². The average Bonchev–Trinajstić information content (AvgIpc) is 2.62. The summed E-state index contributed by atoms with van der Waals surface area (Å²) < 4.78 is 0. The summed E-state index contributed by atoms with van der Waals surface area (Å²) in [4.78, 5) is 35.2. The molecule has 7 heteroatoms. The van der Waals surface area contributed by atoms with Crippen molar-refractivity contribution < 1.29 is 24.6 Å². The van der Waals surface area contributed by atoms with Crippen molar-refractivity contribution in [3.8, 4) is 0 Å². The Morgan fingerprint density at radius 1 is 0.926 bits per heavy atom. The Bertz CT molecular complexity index is 834. The molecular formula is C20H24N2O5. The largest absolute Gasteiger partial charge is 0.480 e. The first-order valence-corrected chi connectivity index (χ1v) is 8.76. The van der Waals surface area contributed by atoms with Crippen molar-refractivity contribution in [2.75, 3.05) is 6.54 Å². The molecule has 0 saturated carbocycles. The molecule has 0 fully saturated rings. The zero-order chi connectivity index (χ0) is 20.0. The number of hydrogen-bond donors (Lipinski definition) is 4. The van der Waals surface area contributed by atoms with E-state index in [9.17, 15) is 24.6 Å². The standard InChI is InChI=1S/C20H24N2O5/c1-12(2)9-16(19(24)25)21-11-17(20(26)27)22-18(23)15-8-7-13-5-3-4-6-14(13)10-15/h3-8,10,12,16-17,21H,9,11H2,1-2H3,(H,22,23)(H,24,25)(H,26,27). The van der Waals surface area contributed by atoms with E-state index in [0.29, 0.717) is 12.0 Å². The molecular weight excluding hydrogens is 348 g/mol. The highest BCUT2D eigenvalue weighted by Crippen LogP contribution is 2.15. The van der Waals surface area contributed by atoms with Crippen LogP contribution in [0.1, 0.15) is 30.6 Å². The van der Waals surface area contributed by atoms with E-state index in [1.807, 2.05) is 38.1 Å². The second-order valence-corrected chi connectivity index (χ2v) is 6.85. The second kappa shape index (κ2) is 9.14. The van der Waals surface area contributed by atoms with Gasteiger partial charge in [-0.3, -0.25) is 9.59 Å². The van der Waals surface area contributed by atoms with E-state index in [-0.39, 0.29) is 12.5 Å². The van der Waals surface area contributed by atoms with Gasteiger partial charge in [-0.25, -0.2) is 4.79 Å². The molecule has 0 saturated heterocycles. The lowest BCUT2D eigenvalue weighted by molar-refractivity contribution is -0.142. The van der Waals surface area contributed by atoms with E-state index in [1.54, 1.807) is 18.2 Å². The van der Waals surface area contributed by atoms with Gasteiger partial charge in [-0.2, -0.15) is 0 Å². The van der Waals surface area contributed by atoms with Crippen LogP contribution in [0.15, 0.2) is 42.5 Å². The number of carbonyl (C=O) groups is 3. The minimum Gasteiger partial charge on any atom is -0.480 e. The normalized spacial score (nSPS) is 13.3. The number of nitrogens with one attached hydrogen (secondary N) is 2. The predicted molar refractivity (Wildman–Crippen MR) is 102 cm³/mol. The maximum absolute atomic E-state index is 12.4. The number of carbonyl (C=O) groups excluding carboxylic acids is 1. The van der Waals surface area contributed by atoms with Crippen LogP contribution in [0.4, 0.5) is 0 Å². The van der Waals surface area contributed by atoms with E-state index in [4.69, 9.17) is 0 Å². The first-order valence-electron chi connectivity index (χ1n) is 8.76. The van der Waals surface area contributed by atoms with Gasteiger partial charge < -0.3 is 20.8 Å². The number of aliphatic carboxylic acids is 2. The molecule has 2 aromatic carbocycles. The van der Waals surface area contributed by atoms with Crippen molar-refractivity contribution in [1.82, 2.24) is 10.6 Å². The zero-order valence-electron chi connectivity index (χ0n) is 15.3. The van der Waals surface area contributed by atoms with Gasteiger partial charge in [0.15, 0.2) is 0 Å². The van der Waals surface area contributed by atoms with Crippen LogP contribution >= 0.6 is 0 Å². The summed E-state index contributed by atoms with van der Waals surface area (Å²) in [5.74, 6) is -2.67. The summed E-state index contributed by atoms with van der Waals surface area (Å²) >= 11 is 0. The first kappa shape index (κ1) is 20.4. The molecule has 1 amide bonds. The van der Waals surface area contributed by atoms with Gasteiger partial charge >= 0.3 is 11.9 Å². The molecule has 0 aromatic heterocycles. The SMILES string of the molecule is CC(C)CC(NCC(NC(=O)c1ccc2ccccc2c1)C(=O)O)C(=O)O. The minimum absolute atomic E-state index is 0.133. The Hall–Kier alpha value is -2.93. The van der Waals surface area contributed by atoms with E-state index in [2.05, 4.69) is 10.6 Å². The summed E-state index contributed by atoms with van der Waals surface area (Å²) in [6, 6.07) is 10.5. The smallest absolute Gasteiger partial charge is 0.327 e. The van der Waals surface area contributed by atoms with Crippen LogP contribution in [-0.2, 0) is 9.59 Å². The highest BCUT2D eigenvalue weighted by Gasteiger charge is 2.25. The molecule has 7 nitrogen and oxygen atoms in total. The highest BCUT2D eigenvalue weighted by atomic mass is 16.4. The summed E-state index contributed by atoms with van der Waals surface area (Å²) in [6.07, 6.45) is 0.361. The lowest BCUT2D eigenvalue weighted by Crippen LogP contribution is -2.51. The van der Waals surface area contributed by atoms with Gasteiger partial charge in [0.05, 0.1) is 0 Å². The van der Waals surface area contributed by atoms with Crippen LogP contribution in [0.2, 0.25) is 0 Å². The number of carboxylic acid groups (broad SMARTS) is 2. The molecule has 27 heavy (non-hydrogen) atoms. The fraction of sp³-hybridized carbons (Fsp3) is 0.350. The number of rotatable bonds is 9. The van der Waals surface area contributed by atoms with E-state index in [1.165, 1.54) is 0 Å². The third-order valence-electron chi connectivity index (χ3n) is 4.19. The van der Waals surface area contributed by atoms with Crippen LogP contribution in [0.25, 0.3) is 10.8 Å². The maximum atomic E-state index is 12.4. The second-order valence-electron chi connectivity index (χ2n) is 6.85. The maximum Gasteiger partial charge on any atom is 0.327 e. The zero-order valence-corrected chi connectivity index (χ0v) is 15.3. The molecule has 0 spiro atoms.